The number of unbranched alkanes of at least 4 members (excludes halogenated alkanes) is 1. The van der Waals surface area contributed by atoms with Crippen LogP contribution in [0.3, 0.4) is 0 Å². The summed E-state index contributed by atoms with van der Waals surface area (Å²) in [6.07, 6.45) is 3.79. The highest BCUT2D eigenvalue weighted by molar-refractivity contribution is 6.30. The zero-order valence-corrected chi connectivity index (χ0v) is 12.8. The van der Waals surface area contributed by atoms with Crippen molar-refractivity contribution in [1.82, 2.24) is 0 Å². The predicted octanol–water partition coefficient (Wildman–Crippen LogP) is 4.58. The Morgan fingerprint density at radius 3 is 2.63 bits per heavy atom. The third-order valence-electron chi connectivity index (χ3n) is 3.44. The first-order valence-corrected chi connectivity index (χ1v) is 7.42. The molecule has 19 heavy (non-hydrogen) atoms. The van der Waals surface area contributed by atoms with Crippen LogP contribution in [0.2, 0.25) is 5.02 Å². The average molecular weight is 279 g/mol. The molecule has 0 aliphatic rings. The van der Waals surface area contributed by atoms with Gasteiger partial charge in [-0.05, 0) is 49.4 Å². The number of aryl methyl sites for hydroxylation is 1. The van der Waals surface area contributed by atoms with Crippen LogP contribution in [-0.4, -0.2) is 11.2 Å². The van der Waals surface area contributed by atoms with Gasteiger partial charge in [-0.2, -0.15) is 0 Å². The molecule has 0 saturated carbocycles. The second kappa shape index (κ2) is 8.25. The summed E-state index contributed by atoms with van der Waals surface area (Å²) < 4.78 is 0. The average Bonchev–Trinajstić information content (AvgIpc) is 2.38. The molecule has 2 atom stereocenters. The van der Waals surface area contributed by atoms with Crippen LogP contribution in [0.1, 0.15) is 50.7 Å². The van der Waals surface area contributed by atoms with Crippen molar-refractivity contribution in [3.63, 3.8) is 0 Å². The van der Waals surface area contributed by atoms with Gasteiger partial charge in [0.2, 0.25) is 0 Å². The molecule has 2 heteroatoms. The molecule has 0 fully saturated rings. The van der Waals surface area contributed by atoms with Crippen molar-refractivity contribution in [3.8, 4) is 11.8 Å². The summed E-state index contributed by atoms with van der Waals surface area (Å²) in [5.74, 6) is 6.33. The van der Waals surface area contributed by atoms with E-state index in [9.17, 15) is 5.11 Å². The first-order valence-electron chi connectivity index (χ1n) is 7.04. The summed E-state index contributed by atoms with van der Waals surface area (Å²) in [6.45, 7) is 6.26. The van der Waals surface area contributed by atoms with Gasteiger partial charge in [0.25, 0.3) is 0 Å². The van der Waals surface area contributed by atoms with Gasteiger partial charge in [0.15, 0.2) is 0 Å². The predicted molar refractivity (Wildman–Crippen MR) is 82.4 cm³/mol. The van der Waals surface area contributed by atoms with Crippen LogP contribution in [0, 0.1) is 24.7 Å². The van der Waals surface area contributed by atoms with Crippen LogP contribution in [0.4, 0.5) is 0 Å². The van der Waals surface area contributed by atoms with Gasteiger partial charge < -0.3 is 5.11 Å². The Balaban J connectivity index is 2.74. The lowest BCUT2D eigenvalue weighted by Gasteiger charge is -2.16. The Kier molecular flexibility index (Phi) is 6.99. The van der Waals surface area contributed by atoms with E-state index in [2.05, 4.69) is 25.7 Å². The van der Waals surface area contributed by atoms with Crippen LogP contribution >= 0.6 is 11.6 Å². The molecule has 0 aromatic heterocycles. The van der Waals surface area contributed by atoms with Crippen molar-refractivity contribution in [2.45, 2.75) is 52.6 Å². The molecule has 0 aliphatic carbocycles. The van der Waals surface area contributed by atoms with Crippen LogP contribution in [0.15, 0.2) is 18.2 Å². The van der Waals surface area contributed by atoms with E-state index in [4.69, 9.17) is 11.6 Å². The van der Waals surface area contributed by atoms with E-state index in [0.29, 0.717) is 0 Å². The minimum atomic E-state index is -0.536. The second-order valence-corrected chi connectivity index (χ2v) is 5.42. The lowest BCUT2D eigenvalue weighted by molar-refractivity contribution is 0.150. The number of aliphatic hydroxyl groups is 1. The third-order valence-corrected chi connectivity index (χ3v) is 3.68. The van der Waals surface area contributed by atoms with Crippen molar-refractivity contribution in [1.29, 1.82) is 0 Å². The first kappa shape index (κ1) is 16.1. The topological polar surface area (TPSA) is 20.2 Å². The van der Waals surface area contributed by atoms with E-state index in [1.165, 1.54) is 0 Å². The summed E-state index contributed by atoms with van der Waals surface area (Å²) in [5.41, 5.74) is 1.99. The Hall–Kier alpha value is -0.970. The van der Waals surface area contributed by atoms with E-state index >= 15 is 0 Å². The summed E-state index contributed by atoms with van der Waals surface area (Å²) in [5, 5.41) is 10.9. The van der Waals surface area contributed by atoms with E-state index in [0.717, 1.165) is 41.8 Å². The fourth-order valence-electron chi connectivity index (χ4n) is 2.09. The number of hydrogen-bond donors (Lipinski definition) is 1. The van der Waals surface area contributed by atoms with Gasteiger partial charge in [0.1, 0.15) is 6.10 Å². The molecule has 0 spiro atoms. The maximum Gasteiger partial charge on any atom is 0.117 e. The van der Waals surface area contributed by atoms with Gasteiger partial charge in [-0.25, -0.2) is 0 Å². The monoisotopic (exact) mass is 278 g/mol. The van der Waals surface area contributed by atoms with E-state index in [1.54, 1.807) is 0 Å². The Morgan fingerprint density at radius 1 is 1.32 bits per heavy atom. The molecular weight excluding hydrogens is 256 g/mol. The minimum Gasteiger partial charge on any atom is -0.380 e. The number of halogens is 1. The normalized spacial score (nSPS) is 13.5. The standard InChI is InChI=1S/C17H23ClO/c1-4-6-7-14(5-2)17(19)11-9-15-8-10-16(18)12-13(15)3/h8,10,12,14,17,19H,4-7H2,1-3H3. The molecule has 1 nitrogen and oxygen atoms in total. The summed E-state index contributed by atoms with van der Waals surface area (Å²) in [7, 11) is 0. The zero-order chi connectivity index (χ0) is 14.3. The smallest absolute Gasteiger partial charge is 0.117 e. The Bertz CT molecular complexity index is 456. The van der Waals surface area contributed by atoms with Crippen LogP contribution < -0.4 is 0 Å². The second-order valence-electron chi connectivity index (χ2n) is 4.98. The Labute approximate surface area is 122 Å². The lowest BCUT2D eigenvalue weighted by Crippen LogP contribution is -2.17. The molecule has 2 unspecified atom stereocenters. The van der Waals surface area contributed by atoms with E-state index in [1.807, 2.05) is 25.1 Å². The molecule has 0 radical (unpaired) electrons. The fraction of sp³-hybridized carbons (Fsp3) is 0.529. The highest BCUT2D eigenvalue weighted by atomic mass is 35.5. The number of rotatable bonds is 5. The van der Waals surface area contributed by atoms with Crippen molar-refractivity contribution in [3.05, 3.63) is 34.3 Å². The molecule has 0 amide bonds. The van der Waals surface area contributed by atoms with Crippen molar-refractivity contribution in [2.75, 3.05) is 0 Å². The molecule has 1 N–H and O–H groups in total. The quantitative estimate of drug-likeness (QED) is 0.782. The molecule has 1 rings (SSSR count). The third kappa shape index (κ3) is 5.27. The molecule has 0 heterocycles. The highest BCUT2D eigenvalue weighted by Crippen LogP contribution is 2.17. The minimum absolute atomic E-state index is 0.278. The number of aliphatic hydroxyl groups excluding tert-OH is 1. The van der Waals surface area contributed by atoms with Crippen LogP contribution in [0.25, 0.3) is 0 Å². The number of benzene rings is 1. The van der Waals surface area contributed by atoms with Gasteiger partial charge in [-0.1, -0.05) is 50.1 Å². The molecule has 0 aliphatic heterocycles. The van der Waals surface area contributed by atoms with Crippen molar-refractivity contribution < 1.29 is 5.11 Å². The molecule has 1 aromatic carbocycles. The number of hydrogen-bond acceptors (Lipinski definition) is 1. The Morgan fingerprint density at radius 2 is 2.05 bits per heavy atom. The molecular formula is C17H23ClO. The lowest BCUT2D eigenvalue weighted by atomic mass is 9.93. The van der Waals surface area contributed by atoms with Gasteiger partial charge in [0.05, 0.1) is 0 Å². The van der Waals surface area contributed by atoms with Gasteiger partial charge in [-0.15, -0.1) is 0 Å². The maximum absolute atomic E-state index is 10.1. The van der Waals surface area contributed by atoms with Crippen molar-refractivity contribution in [2.24, 2.45) is 5.92 Å². The molecule has 1 aromatic rings. The first-order chi connectivity index (χ1) is 9.08. The van der Waals surface area contributed by atoms with E-state index in [-0.39, 0.29) is 5.92 Å². The van der Waals surface area contributed by atoms with Crippen LogP contribution in [-0.2, 0) is 0 Å². The fourth-order valence-corrected chi connectivity index (χ4v) is 2.32. The maximum atomic E-state index is 10.1. The van der Waals surface area contributed by atoms with Crippen LogP contribution in [0.5, 0.6) is 0 Å². The zero-order valence-electron chi connectivity index (χ0n) is 12.0. The van der Waals surface area contributed by atoms with Gasteiger partial charge >= 0.3 is 0 Å². The molecule has 104 valence electrons. The molecule has 0 bridgehead atoms. The summed E-state index contributed by atoms with van der Waals surface area (Å²) in [4.78, 5) is 0. The van der Waals surface area contributed by atoms with E-state index < -0.39 is 6.10 Å². The van der Waals surface area contributed by atoms with Gasteiger partial charge in [0, 0.05) is 10.6 Å². The molecule has 0 saturated heterocycles. The highest BCUT2D eigenvalue weighted by Gasteiger charge is 2.14. The summed E-state index contributed by atoms with van der Waals surface area (Å²) >= 11 is 5.91. The largest absolute Gasteiger partial charge is 0.380 e. The van der Waals surface area contributed by atoms with Crippen molar-refractivity contribution >= 4 is 11.6 Å². The van der Waals surface area contributed by atoms with Gasteiger partial charge in [-0.3, -0.25) is 0 Å². The SMILES string of the molecule is CCCCC(CC)C(O)C#Cc1ccc(Cl)cc1C. The summed E-state index contributed by atoms with van der Waals surface area (Å²) in [6, 6.07) is 5.63.